The molecule has 0 saturated heterocycles. The van der Waals surface area contributed by atoms with Gasteiger partial charge in [0.1, 0.15) is 11.5 Å². The highest BCUT2D eigenvalue weighted by atomic mass is 16.7. The third-order valence-electron chi connectivity index (χ3n) is 5.79. The second kappa shape index (κ2) is 13.0. The molecular weight excluding hydrogens is 436 g/mol. The minimum Gasteiger partial charge on any atom is -0.464 e. The van der Waals surface area contributed by atoms with Gasteiger partial charge in [0, 0.05) is 26.6 Å². The van der Waals surface area contributed by atoms with Crippen LogP contribution < -0.4 is 9.47 Å². The summed E-state index contributed by atoms with van der Waals surface area (Å²) >= 11 is 0. The van der Waals surface area contributed by atoms with Crippen LogP contribution in [0.15, 0.2) is 34.7 Å². The molecule has 8 heteroatoms. The zero-order valence-corrected chi connectivity index (χ0v) is 20.5. The van der Waals surface area contributed by atoms with Gasteiger partial charge in [0.2, 0.25) is 18.6 Å². The quantitative estimate of drug-likeness (QED) is 0.382. The summed E-state index contributed by atoms with van der Waals surface area (Å²) in [6, 6.07) is 9.41. The molecule has 0 radical (unpaired) electrons. The van der Waals surface area contributed by atoms with E-state index in [4.69, 9.17) is 18.6 Å². The average molecular weight is 473 g/mol. The summed E-state index contributed by atoms with van der Waals surface area (Å²) in [4.78, 5) is 29.6. The maximum absolute atomic E-state index is 13.4. The minimum absolute atomic E-state index is 0.000212. The fourth-order valence-electron chi connectivity index (χ4n) is 3.87. The van der Waals surface area contributed by atoms with Gasteiger partial charge in [-0.25, -0.2) is 0 Å². The number of ether oxygens (including phenoxy) is 3. The van der Waals surface area contributed by atoms with E-state index in [0.717, 1.165) is 37.0 Å². The van der Waals surface area contributed by atoms with Gasteiger partial charge in [0.15, 0.2) is 11.5 Å². The molecule has 1 aromatic carbocycles. The first-order valence-corrected chi connectivity index (χ1v) is 12.0. The lowest BCUT2D eigenvalue weighted by Crippen LogP contribution is -2.43. The van der Waals surface area contributed by atoms with E-state index >= 15 is 0 Å². The molecule has 1 aliphatic heterocycles. The fourth-order valence-corrected chi connectivity index (χ4v) is 3.87. The molecule has 34 heavy (non-hydrogen) atoms. The van der Waals surface area contributed by atoms with Gasteiger partial charge in [-0.3, -0.25) is 9.59 Å². The molecule has 1 aromatic heterocycles. The second-order valence-electron chi connectivity index (χ2n) is 8.57. The number of carbonyl (C=O) groups excluding carboxylic acids is 2. The lowest BCUT2D eigenvalue weighted by atomic mass is 10.1. The highest BCUT2D eigenvalue weighted by Crippen LogP contribution is 2.33. The molecule has 0 spiro atoms. The summed E-state index contributed by atoms with van der Waals surface area (Å²) in [5, 5.41) is 0. The Labute approximate surface area is 201 Å². The topological polar surface area (TPSA) is 81.5 Å². The van der Waals surface area contributed by atoms with E-state index in [2.05, 4.69) is 6.92 Å². The summed E-state index contributed by atoms with van der Waals surface area (Å²) in [6.07, 6.45) is 4.51. The van der Waals surface area contributed by atoms with E-state index < -0.39 is 0 Å². The number of methoxy groups -OCH3 is 1. The van der Waals surface area contributed by atoms with Crippen molar-refractivity contribution in [2.45, 2.75) is 59.0 Å². The lowest BCUT2D eigenvalue weighted by molar-refractivity contribution is -0.142. The number of hydrogen-bond donors (Lipinski definition) is 0. The summed E-state index contributed by atoms with van der Waals surface area (Å²) in [6.45, 7) is 5.64. The standard InChI is InChI=1S/C26H36N2O6/c1-4-5-6-7-8-25(29)27(13-14-31-3)18-26(30)28(17-22-11-9-20(2)34-22)16-21-10-12-23-24(15-21)33-19-32-23/h9-12,15H,4-8,13-14,16-19H2,1-3H3. The number of furan rings is 1. The van der Waals surface area contributed by atoms with Gasteiger partial charge < -0.3 is 28.4 Å². The number of benzene rings is 1. The third-order valence-corrected chi connectivity index (χ3v) is 5.79. The number of fused-ring (bicyclic) bond motifs is 1. The maximum Gasteiger partial charge on any atom is 0.242 e. The Kier molecular flexibility index (Phi) is 9.82. The highest BCUT2D eigenvalue weighted by molar-refractivity contribution is 5.84. The van der Waals surface area contributed by atoms with Gasteiger partial charge in [0.25, 0.3) is 0 Å². The van der Waals surface area contributed by atoms with Crippen LogP contribution >= 0.6 is 0 Å². The third kappa shape index (κ3) is 7.52. The summed E-state index contributed by atoms with van der Waals surface area (Å²) < 4.78 is 21.8. The van der Waals surface area contributed by atoms with E-state index in [-0.39, 0.29) is 25.2 Å². The van der Waals surface area contributed by atoms with Crippen LogP contribution in [0, 0.1) is 6.92 Å². The SMILES string of the molecule is CCCCCCC(=O)N(CCOC)CC(=O)N(Cc1ccc2c(c1)OCO2)Cc1ccc(C)o1. The van der Waals surface area contributed by atoms with Crippen LogP contribution in [0.25, 0.3) is 0 Å². The van der Waals surface area contributed by atoms with Crippen molar-refractivity contribution < 1.29 is 28.2 Å². The van der Waals surface area contributed by atoms with Crippen molar-refractivity contribution in [3.63, 3.8) is 0 Å². The number of rotatable bonds is 14. The number of amides is 2. The van der Waals surface area contributed by atoms with Crippen molar-refractivity contribution in [2.75, 3.05) is 33.6 Å². The first-order valence-electron chi connectivity index (χ1n) is 12.0. The molecule has 3 rings (SSSR count). The first kappa shape index (κ1) is 25.6. The number of carbonyl (C=O) groups is 2. The molecule has 186 valence electrons. The maximum atomic E-state index is 13.4. The molecule has 0 unspecified atom stereocenters. The van der Waals surface area contributed by atoms with Crippen molar-refractivity contribution in [3.8, 4) is 11.5 Å². The van der Waals surface area contributed by atoms with Crippen molar-refractivity contribution in [1.82, 2.24) is 9.80 Å². The molecule has 0 atom stereocenters. The Balaban J connectivity index is 1.71. The average Bonchev–Trinajstić information content (AvgIpc) is 3.46. The van der Waals surface area contributed by atoms with Crippen molar-refractivity contribution >= 4 is 11.8 Å². The van der Waals surface area contributed by atoms with Crippen LogP contribution in [0.5, 0.6) is 11.5 Å². The van der Waals surface area contributed by atoms with Crippen LogP contribution in [0.4, 0.5) is 0 Å². The zero-order valence-electron chi connectivity index (χ0n) is 20.5. The highest BCUT2D eigenvalue weighted by Gasteiger charge is 2.23. The molecule has 0 fully saturated rings. The van der Waals surface area contributed by atoms with Gasteiger partial charge in [0.05, 0.1) is 19.7 Å². The number of aryl methyl sites for hydroxylation is 1. The molecular formula is C26H36N2O6. The molecule has 2 aromatic rings. The van der Waals surface area contributed by atoms with Crippen LogP contribution in [-0.4, -0.2) is 55.2 Å². The largest absolute Gasteiger partial charge is 0.464 e. The Morgan fingerprint density at radius 1 is 0.971 bits per heavy atom. The van der Waals surface area contributed by atoms with Gasteiger partial charge in [-0.05, 0) is 43.2 Å². The predicted octanol–water partition coefficient (Wildman–Crippen LogP) is 4.29. The van der Waals surface area contributed by atoms with Crippen LogP contribution in [0.1, 0.15) is 56.1 Å². The van der Waals surface area contributed by atoms with E-state index in [9.17, 15) is 9.59 Å². The van der Waals surface area contributed by atoms with E-state index in [1.807, 2.05) is 37.3 Å². The van der Waals surface area contributed by atoms with Crippen LogP contribution in [0.3, 0.4) is 0 Å². The van der Waals surface area contributed by atoms with Gasteiger partial charge in [-0.15, -0.1) is 0 Å². The van der Waals surface area contributed by atoms with Crippen molar-refractivity contribution in [2.24, 2.45) is 0 Å². The van der Waals surface area contributed by atoms with E-state index in [1.165, 1.54) is 0 Å². The van der Waals surface area contributed by atoms with E-state index in [1.54, 1.807) is 16.9 Å². The normalized spacial score (nSPS) is 12.1. The number of nitrogens with zero attached hydrogens (tertiary/aromatic N) is 2. The Morgan fingerprint density at radius 2 is 1.79 bits per heavy atom. The second-order valence-corrected chi connectivity index (χ2v) is 8.57. The first-order chi connectivity index (χ1) is 16.5. The van der Waals surface area contributed by atoms with Crippen molar-refractivity contribution in [1.29, 1.82) is 0 Å². The van der Waals surface area contributed by atoms with E-state index in [0.29, 0.717) is 49.9 Å². The minimum atomic E-state index is -0.148. The predicted molar refractivity (Wildman–Crippen MR) is 127 cm³/mol. The Hall–Kier alpha value is -3.00. The summed E-state index contributed by atoms with van der Waals surface area (Å²) in [5.41, 5.74) is 0.912. The summed E-state index contributed by atoms with van der Waals surface area (Å²) in [5.74, 6) is 2.68. The smallest absolute Gasteiger partial charge is 0.242 e. The Bertz CT molecular complexity index is 941. The van der Waals surface area contributed by atoms with Crippen LogP contribution in [0.2, 0.25) is 0 Å². The van der Waals surface area contributed by atoms with Gasteiger partial charge >= 0.3 is 0 Å². The summed E-state index contributed by atoms with van der Waals surface area (Å²) in [7, 11) is 1.59. The monoisotopic (exact) mass is 472 g/mol. The molecule has 1 aliphatic rings. The van der Waals surface area contributed by atoms with Gasteiger partial charge in [-0.2, -0.15) is 0 Å². The van der Waals surface area contributed by atoms with Crippen molar-refractivity contribution in [3.05, 3.63) is 47.4 Å². The molecule has 8 nitrogen and oxygen atoms in total. The Morgan fingerprint density at radius 3 is 2.53 bits per heavy atom. The molecule has 0 N–H and O–H groups in total. The molecule has 2 heterocycles. The zero-order chi connectivity index (χ0) is 24.3. The van der Waals surface area contributed by atoms with Crippen LogP contribution in [-0.2, 0) is 27.4 Å². The molecule has 0 saturated carbocycles. The van der Waals surface area contributed by atoms with Gasteiger partial charge in [-0.1, -0.05) is 32.3 Å². The molecule has 0 bridgehead atoms. The number of unbranched alkanes of at least 4 members (excludes halogenated alkanes) is 3. The number of hydrogen-bond acceptors (Lipinski definition) is 6. The molecule has 0 aliphatic carbocycles. The molecule has 2 amide bonds. The lowest BCUT2D eigenvalue weighted by Gasteiger charge is -2.27. The fraction of sp³-hybridized carbons (Fsp3) is 0.538.